The maximum absolute atomic E-state index is 12.7. The summed E-state index contributed by atoms with van der Waals surface area (Å²) >= 11 is 5.24. The highest BCUT2D eigenvalue weighted by atomic mass is 35.5. The normalized spacial score (nSPS) is 19.0. The molecule has 3 nitrogen and oxygen atoms in total. The molecule has 0 amide bonds. The summed E-state index contributed by atoms with van der Waals surface area (Å²) in [5.74, 6) is 0.786. The van der Waals surface area contributed by atoms with E-state index in [2.05, 4.69) is 30.4 Å². The van der Waals surface area contributed by atoms with Gasteiger partial charge in [-0.2, -0.15) is 0 Å². The quantitative estimate of drug-likeness (QED) is 0.122. The van der Waals surface area contributed by atoms with E-state index in [-0.39, 0.29) is 16.7 Å². The van der Waals surface area contributed by atoms with E-state index in [0.717, 1.165) is 29.7 Å². The average molecular weight is 488 g/mol. The molecule has 0 fully saturated rings. The smallest absolute Gasteiger partial charge is 0.150 e. The highest BCUT2D eigenvalue weighted by Crippen LogP contribution is 2.17. The first-order chi connectivity index (χ1) is 15.9. The summed E-state index contributed by atoms with van der Waals surface area (Å²) in [6.45, 7) is 12.3. The Morgan fingerprint density at radius 1 is 1.27 bits per heavy atom. The second-order valence-corrected chi connectivity index (χ2v) is 9.62. The van der Waals surface area contributed by atoms with Gasteiger partial charge in [-0.15, -0.1) is 16.3 Å². The molecule has 5 heteroatoms. The molecule has 0 heterocycles. The van der Waals surface area contributed by atoms with Crippen LogP contribution in [0.4, 0.5) is 0 Å². The summed E-state index contributed by atoms with van der Waals surface area (Å²) in [6.07, 6.45) is 29.3. The zero-order valence-electron chi connectivity index (χ0n) is 20.2. The lowest BCUT2D eigenvalue weighted by atomic mass is 10.1. The van der Waals surface area contributed by atoms with Gasteiger partial charge in [0, 0.05) is 11.4 Å². The Kier molecular flexibility index (Phi) is 15.4. The molecule has 180 valence electrons. The minimum Gasteiger partial charge on any atom is -0.598 e. The Morgan fingerprint density at radius 3 is 2.76 bits per heavy atom. The number of halogens is 1. The molecular weight excluding hydrogens is 450 g/mol. The van der Waals surface area contributed by atoms with Crippen molar-refractivity contribution in [1.82, 2.24) is 4.72 Å². The van der Waals surface area contributed by atoms with E-state index < -0.39 is 11.4 Å². The molecule has 0 saturated carbocycles. The van der Waals surface area contributed by atoms with Gasteiger partial charge < -0.3 is 9.29 Å². The molecule has 0 aromatic heterocycles. The first-order valence-corrected chi connectivity index (χ1v) is 13.1. The Hall–Kier alpha value is -1.98. The van der Waals surface area contributed by atoms with Crippen LogP contribution in [0.1, 0.15) is 40.5 Å². The Labute approximate surface area is 209 Å². The standard InChI is InChI=1S/C28H38ClNO2S/c1-6-9-10-13-17-25(8-3)26(16-7-2)22-30-33(31)23(4)20-21-28(29)24(5)32-27-18-14-11-12-15-19-27/h7-11,13-21,23-24,28,30H,3,6,12,22H2,1-2,4-5H3/b10-9-,16-7-,17-13-,21-20?,26-25-. The number of allylic oxidation sites excluding steroid dienone is 12. The fourth-order valence-corrected chi connectivity index (χ4v) is 3.76. The van der Waals surface area contributed by atoms with Crippen molar-refractivity contribution in [1.29, 1.82) is 0 Å². The van der Waals surface area contributed by atoms with Gasteiger partial charge in [-0.3, -0.25) is 0 Å². The first-order valence-electron chi connectivity index (χ1n) is 11.4. The summed E-state index contributed by atoms with van der Waals surface area (Å²) in [5, 5.41) is -0.543. The molecule has 4 atom stereocenters. The third kappa shape index (κ3) is 12.2. The zero-order chi connectivity index (χ0) is 24.5. The van der Waals surface area contributed by atoms with E-state index in [1.165, 1.54) is 0 Å². The molecule has 1 aliphatic carbocycles. The first kappa shape index (κ1) is 29.1. The number of rotatable bonds is 14. The second-order valence-electron chi connectivity index (χ2n) is 7.49. The maximum Gasteiger partial charge on any atom is 0.150 e. The van der Waals surface area contributed by atoms with E-state index in [0.29, 0.717) is 6.54 Å². The fraction of sp³-hybridized carbons (Fsp3) is 0.357. The molecule has 33 heavy (non-hydrogen) atoms. The molecule has 0 bridgehead atoms. The van der Waals surface area contributed by atoms with Crippen LogP contribution in [0.5, 0.6) is 0 Å². The average Bonchev–Trinajstić information content (AvgIpc) is 3.08. The van der Waals surface area contributed by atoms with Gasteiger partial charge in [0.2, 0.25) is 0 Å². The molecule has 4 unspecified atom stereocenters. The van der Waals surface area contributed by atoms with E-state index in [9.17, 15) is 4.55 Å². The SMILES string of the molecule is C=CC(/C=C\C=C/CC)=C(\C=C/C)CN[S+]([O-])C(C)C=CC(Cl)C(C)OC1=CC=CCC=C1. The third-order valence-corrected chi connectivity index (χ3v) is 6.51. The van der Waals surface area contributed by atoms with Crippen LogP contribution in [-0.2, 0) is 16.1 Å². The van der Waals surface area contributed by atoms with Crippen LogP contribution in [0, 0.1) is 0 Å². The lowest BCUT2D eigenvalue weighted by Gasteiger charge is -2.19. The summed E-state index contributed by atoms with van der Waals surface area (Å²) in [5.41, 5.74) is 2.01. The van der Waals surface area contributed by atoms with Crippen LogP contribution >= 0.6 is 11.6 Å². The molecule has 1 N–H and O–H groups in total. The van der Waals surface area contributed by atoms with Gasteiger partial charge in [-0.1, -0.05) is 80.3 Å². The van der Waals surface area contributed by atoms with E-state index in [1.807, 2.05) is 93.7 Å². The van der Waals surface area contributed by atoms with Crippen molar-refractivity contribution in [3.05, 3.63) is 109 Å². The predicted molar refractivity (Wildman–Crippen MR) is 147 cm³/mol. The van der Waals surface area contributed by atoms with Gasteiger partial charge in [0.25, 0.3) is 0 Å². The lowest BCUT2D eigenvalue weighted by Crippen LogP contribution is -2.33. The predicted octanol–water partition coefficient (Wildman–Crippen LogP) is 7.18. The minimum atomic E-state index is -1.26. The van der Waals surface area contributed by atoms with Crippen molar-refractivity contribution in [3.63, 3.8) is 0 Å². The van der Waals surface area contributed by atoms with Gasteiger partial charge in [0.15, 0.2) is 5.25 Å². The third-order valence-electron chi connectivity index (χ3n) is 4.75. The van der Waals surface area contributed by atoms with Crippen LogP contribution < -0.4 is 4.72 Å². The zero-order valence-corrected chi connectivity index (χ0v) is 21.8. The van der Waals surface area contributed by atoms with Crippen LogP contribution in [-0.4, -0.2) is 27.8 Å². The van der Waals surface area contributed by atoms with E-state index in [4.69, 9.17) is 16.3 Å². The summed E-state index contributed by atoms with van der Waals surface area (Å²) < 4.78 is 21.8. The van der Waals surface area contributed by atoms with Gasteiger partial charge in [0.05, 0.1) is 11.9 Å². The molecule has 0 saturated heterocycles. The summed E-state index contributed by atoms with van der Waals surface area (Å²) in [4.78, 5) is 0. The Morgan fingerprint density at radius 2 is 2.06 bits per heavy atom. The van der Waals surface area contributed by atoms with Crippen molar-refractivity contribution in [2.24, 2.45) is 0 Å². The van der Waals surface area contributed by atoms with Crippen molar-refractivity contribution in [2.45, 2.75) is 57.3 Å². The van der Waals surface area contributed by atoms with E-state index in [1.54, 1.807) is 0 Å². The molecule has 1 rings (SSSR count). The largest absolute Gasteiger partial charge is 0.598 e. The highest BCUT2D eigenvalue weighted by Gasteiger charge is 2.18. The van der Waals surface area contributed by atoms with Crippen LogP contribution in [0.3, 0.4) is 0 Å². The van der Waals surface area contributed by atoms with Crippen molar-refractivity contribution in [3.8, 4) is 0 Å². The van der Waals surface area contributed by atoms with Gasteiger partial charge in [-0.25, -0.2) is 0 Å². The molecule has 0 radical (unpaired) electrons. The summed E-state index contributed by atoms with van der Waals surface area (Å²) in [6, 6.07) is 0. The molecule has 0 aromatic carbocycles. The highest BCUT2D eigenvalue weighted by molar-refractivity contribution is 7.90. The fourth-order valence-electron chi connectivity index (χ4n) is 2.83. The van der Waals surface area contributed by atoms with Crippen LogP contribution in [0.25, 0.3) is 0 Å². The van der Waals surface area contributed by atoms with Crippen molar-refractivity contribution in [2.75, 3.05) is 6.54 Å². The molecule has 1 aliphatic rings. The van der Waals surface area contributed by atoms with Gasteiger partial charge in [-0.05, 0) is 63.0 Å². The summed E-state index contributed by atoms with van der Waals surface area (Å²) in [7, 11) is 0. The van der Waals surface area contributed by atoms with E-state index >= 15 is 0 Å². The van der Waals surface area contributed by atoms with Gasteiger partial charge >= 0.3 is 0 Å². The number of ether oxygens (including phenoxy) is 1. The monoisotopic (exact) mass is 487 g/mol. The molecule has 0 aromatic rings. The van der Waals surface area contributed by atoms with Crippen LogP contribution in [0.15, 0.2) is 109 Å². The maximum atomic E-state index is 12.7. The second kappa shape index (κ2) is 17.5. The lowest BCUT2D eigenvalue weighted by molar-refractivity contribution is 0.146. The van der Waals surface area contributed by atoms with Crippen molar-refractivity contribution < 1.29 is 9.29 Å². The van der Waals surface area contributed by atoms with Gasteiger partial charge in [0.1, 0.15) is 11.9 Å². The molecular formula is C28H38ClNO2S. The number of hydrogen-bond acceptors (Lipinski definition) is 3. The van der Waals surface area contributed by atoms with Crippen molar-refractivity contribution >= 4 is 23.0 Å². The number of alkyl halides is 1. The Bertz CT molecular complexity index is 833. The molecule has 0 spiro atoms. The number of nitrogens with one attached hydrogen (secondary N) is 1. The number of hydrogen-bond donors (Lipinski definition) is 1. The Balaban J connectivity index is 2.69. The topological polar surface area (TPSA) is 44.3 Å². The molecule has 0 aliphatic heterocycles. The van der Waals surface area contributed by atoms with Crippen LogP contribution in [0.2, 0.25) is 0 Å². The minimum absolute atomic E-state index is 0.208.